The minimum absolute atomic E-state index is 0.112. The number of ketones is 1. The lowest BCUT2D eigenvalue weighted by Crippen LogP contribution is -2.59. The Labute approximate surface area is 281 Å². The Balaban J connectivity index is 2.19. The molecule has 0 aromatic heterocycles. The van der Waals surface area contributed by atoms with E-state index in [1.165, 1.54) is 6.92 Å². The first-order valence-electron chi connectivity index (χ1n) is 17.1. The van der Waals surface area contributed by atoms with E-state index in [1.807, 2.05) is 53.7 Å². The van der Waals surface area contributed by atoms with Crippen LogP contribution in [0.2, 0.25) is 0 Å². The van der Waals surface area contributed by atoms with E-state index in [2.05, 4.69) is 25.2 Å². The molecule has 3 aliphatic rings. The summed E-state index contributed by atoms with van der Waals surface area (Å²) < 4.78 is 31.2. The van der Waals surface area contributed by atoms with Crippen molar-refractivity contribution in [2.45, 2.75) is 129 Å². The molecule has 12 nitrogen and oxygen atoms in total. The van der Waals surface area contributed by atoms with E-state index in [-0.39, 0.29) is 29.8 Å². The molecular weight excluding hydrogens is 606 g/mol. The molecule has 1 unspecified atom stereocenters. The number of cyclic esters (lactones) is 1. The highest BCUT2D eigenvalue weighted by atomic mass is 16.7. The van der Waals surface area contributed by atoms with Gasteiger partial charge in [0.05, 0.1) is 23.9 Å². The molecule has 0 aliphatic carbocycles. The van der Waals surface area contributed by atoms with E-state index in [4.69, 9.17) is 23.7 Å². The summed E-state index contributed by atoms with van der Waals surface area (Å²) in [5, 5.41) is 14.6. The second-order valence-electron chi connectivity index (χ2n) is 14.7. The molecular formula is C35H61N3O9. The Morgan fingerprint density at radius 2 is 1.74 bits per heavy atom. The van der Waals surface area contributed by atoms with Crippen LogP contribution in [-0.4, -0.2) is 129 Å². The molecule has 3 heterocycles. The van der Waals surface area contributed by atoms with Gasteiger partial charge in [-0.25, -0.2) is 4.79 Å². The number of esters is 1. The molecule has 1 amide bonds. The standard InChI is InChI=1S/C35H61N3O9/c1-14-26-35(8)29(38(12)33(42)47-35)21(4)24(15-16-36-9)19(2)18-34(7,43-13)30(22(5)27(39)23(6)31(41)45-26)46-32-28(40)25(37(10)11)17-20(3)44-32/h15,19-23,25-26,28-30,32,36,40H,14,16-18H2,1-13H3/b24-15+/t19-,20-,21+,22+,23-,25+,26-,28-,29?,30-,32+,34-,35-/m1/s1. The molecule has 3 fully saturated rings. The zero-order valence-corrected chi connectivity index (χ0v) is 30.9. The van der Waals surface area contributed by atoms with Crippen molar-refractivity contribution in [2.24, 2.45) is 23.7 Å². The third-order valence-corrected chi connectivity index (χ3v) is 11.0. The van der Waals surface area contributed by atoms with Crippen molar-refractivity contribution in [2.75, 3.05) is 41.8 Å². The third-order valence-electron chi connectivity index (χ3n) is 11.0. The Morgan fingerprint density at radius 1 is 1.11 bits per heavy atom. The number of ether oxygens (including phenoxy) is 5. The van der Waals surface area contributed by atoms with Crippen molar-refractivity contribution in [3.8, 4) is 0 Å². The SMILES string of the molecule is CC[C@H]1OC(=O)[C@H](C)C(=O)[C@H](C)[C@@H](O[C@@H]2O[C@H](C)C[C@H](N(C)C)[C@H]2O)[C@](C)(OC)C[C@@H](C)/C(=C\CNC)[C@H](C)C2N(C)C(=O)O[C@@]21C. The number of nitrogens with zero attached hydrogens (tertiary/aromatic N) is 2. The van der Waals surface area contributed by atoms with E-state index >= 15 is 0 Å². The van der Waals surface area contributed by atoms with Crippen molar-refractivity contribution in [1.82, 2.24) is 15.1 Å². The van der Waals surface area contributed by atoms with Crippen molar-refractivity contribution in [1.29, 1.82) is 0 Å². The molecule has 2 N–H and O–H groups in total. The number of methoxy groups -OCH3 is 1. The van der Waals surface area contributed by atoms with Gasteiger partial charge in [0, 0.05) is 38.6 Å². The van der Waals surface area contributed by atoms with Crippen LogP contribution in [-0.2, 0) is 33.3 Å². The molecule has 3 aliphatic heterocycles. The van der Waals surface area contributed by atoms with E-state index in [9.17, 15) is 19.5 Å². The second-order valence-corrected chi connectivity index (χ2v) is 14.7. The molecule has 0 spiro atoms. The van der Waals surface area contributed by atoms with Crippen LogP contribution in [0.15, 0.2) is 11.6 Å². The molecule has 0 aromatic carbocycles. The van der Waals surface area contributed by atoms with Crippen LogP contribution in [0.25, 0.3) is 0 Å². The number of hydrogen-bond donors (Lipinski definition) is 2. The van der Waals surface area contributed by atoms with Gasteiger partial charge < -0.3 is 43.9 Å². The van der Waals surface area contributed by atoms with Gasteiger partial charge in [-0.15, -0.1) is 0 Å². The Kier molecular flexibility index (Phi) is 13.1. The van der Waals surface area contributed by atoms with E-state index in [0.717, 1.165) is 5.57 Å². The minimum Gasteiger partial charge on any atom is -0.458 e. The zero-order chi connectivity index (χ0) is 35.6. The van der Waals surface area contributed by atoms with Gasteiger partial charge in [-0.05, 0) is 74.0 Å². The van der Waals surface area contributed by atoms with Crippen LogP contribution in [0, 0.1) is 23.7 Å². The lowest BCUT2D eigenvalue weighted by molar-refractivity contribution is -0.295. The van der Waals surface area contributed by atoms with E-state index in [1.54, 1.807) is 26.0 Å². The van der Waals surface area contributed by atoms with Gasteiger partial charge in [0.15, 0.2) is 17.7 Å². The number of aliphatic hydroxyl groups is 1. The number of rotatable bonds is 7. The van der Waals surface area contributed by atoms with Gasteiger partial charge >= 0.3 is 12.1 Å². The van der Waals surface area contributed by atoms with Crippen LogP contribution in [0.3, 0.4) is 0 Å². The summed E-state index contributed by atoms with van der Waals surface area (Å²) in [7, 11) is 8.97. The van der Waals surface area contributed by atoms with Crippen LogP contribution in [0.5, 0.6) is 0 Å². The van der Waals surface area contributed by atoms with E-state index in [0.29, 0.717) is 25.8 Å². The number of hydrogen-bond acceptors (Lipinski definition) is 11. The maximum Gasteiger partial charge on any atom is 0.410 e. The van der Waals surface area contributed by atoms with Crippen LogP contribution < -0.4 is 5.32 Å². The van der Waals surface area contributed by atoms with Gasteiger partial charge in [0.1, 0.15) is 18.1 Å². The fourth-order valence-electron chi connectivity index (χ4n) is 8.28. The fourth-order valence-corrected chi connectivity index (χ4v) is 8.28. The lowest BCUT2D eigenvalue weighted by atomic mass is 9.71. The van der Waals surface area contributed by atoms with Crippen LogP contribution in [0.4, 0.5) is 4.79 Å². The van der Waals surface area contributed by atoms with Gasteiger partial charge in [0.25, 0.3) is 0 Å². The Bertz CT molecular complexity index is 1150. The molecule has 13 atom stereocenters. The number of carbonyl (C=O) groups excluding carboxylic acids is 3. The Hall–Kier alpha value is -2.09. The quantitative estimate of drug-likeness (QED) is 0.235. The second kappa shape index (κ2) is 15.6. The number of amides is 1. The summed E-state index contributed by atoms with van der Waals surface area (Å²) in [5.74, 6) is -3.39. The minimum atomic E-state index is -1.17. The zero-order valence-electron chi connectivity index (χ0n) is 30.9. The highest BCUT2D eigenvalue weighted by molar-refractivity contribution is 6.00. The lowest BCUT2D eigenvalue weighted by Gasteiger charge is -2.47. The fraction of sp³-hybridized carbons (Fsp3) is 0.857. The summed E-state index contributed by atoms with van der Waals surface area (Å²) in [5.41, 5.74) is -1.18. The van der Waals surface area contributed by atoms with Crippen molar-refractivity contribution >= 4 is 17.8 Å². The molecule has 270 valence electrons. The Morgan fingerprint density at radius 3 is 2.30 bits per heavy atom. The average molecular weight is 668 g/mol. The predicted octanol–water partition coefficient (Wildman–Crippen LogP) is 3.40. The van der Waals surface area contributed by atoms with Gasteiger partial charge in [0.2, 0.25) is 0 Å². The highest BCUT2D eigenvalue weighted by Gasteiger charge is 2.58. The number of Topliss-reactive ketones (excluding diaryl/α,β-unsaturated/α-hetero) is 1. The molecule has 3 rings (SSSR count). The maximum atomic E-state index is 14.2. The molecule has 0 bridgehead atoms. The third kappa shape index (κ3) is 7.88. The molecule has 0 aromatic rings. The molecule has 3 saturated heterocycles. The van der Waals surface area contributed by atoms with Crippen molar-refractivity contribution < 1.29 is 43.2 Å². The summed E-state index contributed by atoms with van der Waals surface area (Å²) in [4.78, 5) is 44.6. The first-order valence-corrected chi connectivity index (χ1v) is 17.1. The van der Waals surface area contributed by atoms with Gasteiger partial charge in [-0.1, -0.05) is 39.3 Å². The topological polar surface area (TPSA) is 136 Å². The monoisotopic (exact) mass is 667 g/mol. The average Bonchev–Trinajstić information content (AvgIpc) is 3.25. The normalized spacial score (nSPS) is 43.5. The number of carbonyl (C=O) groups is 3. The van der Waals surface area contributed by atoms with Gasteiger partial charge in [-0.2, -0.15) is 0 Å². The van der Waals surface area contributed by atoms with Gasteiger partial charge in [-0.3, -0.25) is 9.59 Å². The number of aliphatic hydroxyl groups excluding tert-OH is 1. The summed E-state index contributed by atoms with van der Waals surface area (Å²) in [6, 6.07) is -0.692. The summed E-state index contributed by atoms with van der Waals surface area (Å²) >= 11 is 0. The summed E-state index contributed by atoms with van der Waals surface area (Å²) in [6.45, 7) is 15.6. The van der Waals surface area contributed by atoms with Crippen molar-refractivity contribution in [3.05, 3.63) is 11.6 Å². The molecule has 12 heteroatoms. The number of likely N-dealkylation sites (N-methyl/N-ethyl adjacent to an activating group) is 3. The maximum absolute atomic E-state index is 14.2. The van der Waals surface area contributed by atoms with Crippen LogP contribution >= 0.6 is 0 Å². The molecule has 0 saturated carbocycles. The van der Waals surface area contributed by atoms with Crippen molar-refractivity contribution in [3.63, 3.8) is 0 Å². The smallest absolute Gasteiger partial charge is 0.410 e. The largest absolute Gasteiger partial charge is 0.458 e. The molecule has 47 heavy (non-hydrogen) atoms. The molecule has 0 radical (unpaired) electrons. The highest BCUT2D eigenvalue weighted by Crippen LogP contribution is 2.45. The predicted molar refractivity (Wildman–Crippen MR) is 178 cm³/mol. The number of fused-ring (bicyclic) bond motifs is 1. The first kappa shape index (κ1) is 39.3. The number of nitrogens with one attached hydrogen (secondary N) is 1. The van der Waals surface area contributed by atoms with E-state index < -0.39 is 65.7 Å². The first-order chi connectivity index (χ1) is 21.9. The van der Waals surface area contributed by atoms with Crippen LogP contribution in [0.1, 0.15) is 74.7 Å². The summed E-state index contributed by atoms with van der Waals surface area (Å²) in [6.07, 6.45) is -0.851.